The van der Waals surface area contributed by atoms with E-state index in [0.717, 1.165) is 46.1 Å². The maximum atomic E-state index is 12.7. The summed E-state index contributed by atoms with van der Waals surface area (Å²) in [6.07, 6.45) is 2.98. The second-order valence-corrected chi connectivity index (χ2v) is 10.8. The maximum Gasteiger partial charge on any atom is 0.260 e. The van der Waals surface area contributed by atoms with Crippen LogP contribution in [0.15, 0.2) is 83.8 Å². The molecule has 0 aliphatic carbocycles. The Morgan fingerprint density at radius 1 is 1.05 bits per heavy atom. The number of aromatic nitrogens is 1. The Morgan fingerprint density at radius 2 is 1.79 bits per heavy atom. The van der Waals surface area contributed by atoms with Gasteiger partial charge in [-0.05, 0) is 86.0 Å². The molecule has 5 nitrogen and oxygen atoms in total. The SMILES string of the molecule is CCc1ccc(N[C@@H]2NC(=O)/C(=C/c3cc(C)n(-c4ccc(OCc5ccccc5Cl)cc4)c3C)S2)cc1. The van der Waals surface area contributed by atoms with Crippen LogP contribution in [0.5, 0.6) is 5.75 Å². The summed E-state index contributed by atoms with van der Waals surface area (Å²) in [5.41, 5.74) is 7.23. The zero-order valence-electron chi connectivity index (χ0n) is 21.6. The standard InChI is InChI=1S/C31H30ClN3O2S/c1-4-22-9-11-25(12-10-22)33-31-34-30(36)29(38-31)18-24-17-20(2)35(21(24)3)26-13-15-27(16-14-26)37-19-23-7-5-6-8-28(23)32/h5-18,31,33H,4,19H2,1-3H3,(H,34,36)/b29-18-/t31-/m1/s1. The number of anilines is 1. The quantitative estimate of drug-likeness (QED) is 0.226. The molecule has 2 N–H and O–H groups in total. The number of nitrogens with one attached hydrogen (secondary N) is 2. The first-order valence-electron chi connectivity index (χ1n) is 12.6. The first-order chi connectivity index (χ1) is 18.4. The Kier molecular flexibility index (Phi) is 7.82. The van der Waals surface area contributed by atoms with Crippen LogP contribution in [0.2, 0.25) is 5.02 Å². The molecular formula is C31H30ClN3O2S. The molecule has 0 unspecified atom stereocenters. The molecular weight excluding hydrogens is 514 g/mol. The third-order valence-corrected chi connectivity index (χ3v) is 7.99. The van der Waals surface area contributed by atoms with Gasteiger partial charge in [0.2, 0.25) is 0 Å². The Bertz CT molecular complexity index is 1480. The highest BCUT2D eigenvalue weighted by Gasteiger charge is 2.27. The first-order valence-corrected chi connectivity index (χ1v) is 13.9. The summed E-state index contributed by atoms with van der Waals surface area (Å²) >= 11 is 7.74. The van der Waals surface area contributed by atoms with Crippen molar-refractivity contribution < 1.29 is 9.53 Å². The summed E-state index contributed by atoms with van der Waals surface area (Å²) in [6, 6.07) is 26.1. The van der Waals surface area contributed by atoms with Gasteiger partial charge in [-0.3, -0.25) is 4.79 Å². The number of carbonyl (C=O) groups is 1. The van der Waals surface area contributed by atoms with Crippen molar-refractivity contribution in [2.75, 3.05) is 5.32 Å². The number of rotatable bonds is 8. The van der Waals surface area contributed by atoms with E-state index in [2.05, 4.69) is 54.2 Å². The number of aryl methyl sites for hydroxylation is 2. The van der Waals surface area contributed by atoms with Crippen molar-refractivity contribution in [2.24, 2.45) is 0 Å². The lowest BCUT2D eigenvalue weighted by atomic mass is 10.1. The minimum atomic E-state index is -0.206. The van der Waals surface area contributed by atoms with E-state index in [1.165, 1.54) is 17.3 Å². The second-order valence-electron chi connectivity index (χ2n) is 9.21. The Morgan fingerprint density at radius 3 is 2.50 bits per heavy atom. The van der Waals surface area contributed by atoms with Crippen molar-refractivity contribution in [2.45, 2.75) is 39.3 Å². The van der Waals surface area contributed by atoms with Gasteiger partial charge < -0.3 is 19.9 Å². The zero-order chi connectivity index (χ0) is 26.6. The number of benzene rings is 3. The molecule has 3 aromatic carbocycles. The third-order valence-electron chi connectivity index (χ3n) is 6.59. The molecule has 0 spiro atoms. The van der Waals surface area contributed by atoms with Crippen LogP contribution < -0.4 is 15.4 Å². The van der Waals surface area contributed by atoms with E-state index in [4.69, 9.17) is 16.3 Å². The van der Waals surface area contributed by atoms with Crippen molar-refractivity contribution in [3.63, 3.8) is 0 Å². The molecule has 1 aliphatic heterocycles. The molecule has 0 radical (unpaired) electrons. The van der Waals surface area contributed by atoms with Crippen LogP contribution in [0, 0.1) is 13.8 Å². The van der Waals surface area contributed by atoms with Crippen LogP contribution in [-0.4, -0.2) is 16.0 Å². The van der Waals surface area contributed by atoms with Gasteiger partial charge in [-0.1, -0.05) is 60.6 Å². The molecule has 0 bridgehead atoms. The number of nitrogens with zero attached hydrogens (tertiary/aromatic N) is 1. The smallest absolute Gasteiger partial charge is 0.260 e. The summed E-state index contributed by atoms with van der Waals surface area (Å²) < 4.78 is 8.12. The highest BCUT2D eigenvalue weighted by Crippen LogP contribution is 2.32. The van der Waals surface area contributed by atoms with E-state index in [1.54, 1.807) is 0 Å². The molecule has 1 amide bonds. The fourth-order valence-corrected chi connectivity index (χ4v) is 5.66. The van der Waals surface area contributed by atoms with Gasteiger partial charge in [-0.25, -0.2) is 0 Å². The van der Waals surface area contributed by atoms with Gasteiger partial charge in [0.05, 0.1) is 4.91 Å². The maximum absolute atomic E-state index is 12.7. The van der Waals surface area contributed by atoms with E-state index in [-0.39, 0.29) is 11.4 Å². The Balaban J connectivity index is 1.28. The number of thioether (sulfide) groups is 1. The largest absolute Gasteiger partial charge is 0.489 e. The highest BCUT2D eigenvalue weighted by molar-refractivity contribution is 8.05. The monoisotopic (exact) mass is 543 g/mol. The van der Waals surface area contributed by atoms with Crippen LogP contribution >= 0.6 is 23.4 Å². The van der Waals surface area contributed by atoms with Crippen molar-refractivity contribution in [1.29, 1.82) is 0 Å². The molecule has 2 heterocycles. The highest BCUT2D eigenvalue weighted by atomic mass is 35.5. The van der Waals surface area contributed by atoms with Crippen LogP contribution in [-0.2, 0) is 17.8 Å². The number of ether oxygens (including phenoxy) is 1. The minimum absolute atomic E-state index is 0.0671. The number of carbonyl (C=O) groups excluding carboxylic acids is 1. The summed E-state index contributed by atoms with van der Waals surface area (Å²) in [5.74, 6) is 0.711. The van der Waals surface area contributed by atoms with E-state index < -0.39 is 0 Å². The molecule has 38 heavy (non-hydrogen) atoms. The molecule has 194 valence electrons. The summed E-state index contributed by atoms with van der Waals surface area (Å²) in [5, 5.41) is 7.11. The lowest BCUT2D eigenvalue weighted by Crippen LogP contribution is -2.30. The second kappa shape index (κ2) is 11.4. The third kappa shape index (κ3) is 5.77. The van der Waals surface area contributed by atoms with E-state index >= 15 is 0 Å². The molecule has 1 saturated heterocycles. The van der Waals surface area contributed by atoms with Crippen molar-refractivity contribution in [1.82, 2.24) is 9.88 Å². The van der Waals surface area contributed by atoms with Crippen molar-refractivity contribution >= 4 is 41.0 Å². The molecule has 1 aliphatic rings. The van der Waals surface area contributed by atoms with Gasteiger partial charge in [0.15, 0.2) is 5.50 Å². The van der Waals surface area contributed by atoms with E-state index in [9.17, 15) is 4.79 Å². The molecule has 1 aromatic heterocycles. The fraction of sp³-hybridized carbons (Fsp3) is 0.194. The van der Waals surface area contributed by atoms with Gasteiger partial charge in [0, 0.05) is 33.3 Å². The van der Waals surface area contributed by atoms with Gasteiger partial charge in [-0.15, -0.1) is 0 Å². The van der Waals surface area contributed by atoms with Gasteiger partial charge >= 0.3 is 0 Å². The first kappa shape index (κ1) is 26.0. The van der Waals surface area contributed by atoms with Crippen LogP contribution in [0.25, 0.3) is 11.8 Å². The predicted octanol–water partition coefficient (Wildman–Crippen LogP) is 7.49. The zero-order valence-corrected chi connectivity index (χ0v) is 23.2. The normalized spacial score (nSPS) is 16.1. The molecule has 1 atom stereocenters. The van der Waals surface area contributed by atoms with E-state index in [1.807, 2.05) is 66.7 Å². The number of halogens is 1. The predicted molar refractivity (Wildman–Crippen MR) is 158 cm³/mol. The topological polar surface area (TPSA) is 55.3 Å². The molecule has 5 rings (SSSR count). The van der Waals surface area contributed by atoms with Gasteiger partial charge in [0.25, 0.3) is 5.91 Å². The minimum Gasteiger partial charge on any atom is -0.489 e. The summed E-state index contributed by atoms with van der Waals surface area (Å²) in [6.45, 7) is 6.70. The average Bonchev–Trinajstić information content (AvgIpc) is 3.41. The summed E-state index contributed by atoms with van der Waals surface area (Å²) in [4.78, 5) is 13.4. The number of amides is 1. The molecule has 7 heteroatoms. The Hall–Kier alpha value is -3.61. The number of hydrogen-bond acceptors (Lipinski definition) is 4. The summed E-state index contributed by atoms with van der Waals surface area (Å²) in [7, 11) is 0. The lowest BCUT2D eigenvalue weighted by Gasteiger charge is -2.13. The van der Waals surface area contributed by atoms with Crippen LogP contribution in [0.4, 0.5) is 5.69 Å². The van der Waals surface area contributed by atoms with Gasteiger partial charge in [-0.2, -0.15) is 0 Å². The van der Waals surface area contributed by atoms with Crippen LogP contribution in [0.1, 0.15) is 35.0 Å². The lowest BCUT2D eigenvalue weighted by molar-refractivity contribution is -0.116. The number of hydrogen-bond donors (Lipinski definition) is 2. The van der Waals surface area contributed by atoms with Crippen molar-refractivity contribution in [3.05, 3.63) is 117 Å². The van der Waals surface area contributed by atoms with E-state index in [0.29, 0.717) is 16.5 Å². The molecule has 4 aromatic rings. The van der Waals surface area contributed by atoms with Crippen LogP contribution in [0.3, 0.4) is 0 Å². The molecule has 1 fully saturated rings. The molecule has 0 saturated carbocycles. The Labute approximate surface area is 232 Å². The fourth-order valence-electron chi connectivity index (χ4n) is 4.49. The average molecular weight is 544 g/mol. The van der Waals surface area contributed by atoms with Crippen molar-refractivity contribution in [3.8, 4) is 11.4 Å². The van der Waals surface area contributed by atoms with Gasteiger partial charge in [0.1, 0.15) is 12.4 Å².